The maximum absolute atomic E-state index is 3.75. The van der Waals surface area contributed by atoms with Gasteiger partial charge in [0.15, 0.2) is 0 Å². The molecule has 7 aromatic carbocycles. The Balaban J connectivity index is 1.10. The molecule has 0 saturated carbocycles. The van der Waals surface area contributed by atoms with E-state index < -0.39 is 0 Å². The summed E-state index contributed by atoms with van der Waals surface area (Å²) in [6, 6.07) is 57.8. The van der Waals surface area contributed by atoms with Gasteiger partial charge in [-0.1, -0.05) is 141 Å². The van der Waals surface area contributed by atoms with Crippen molar-refractivity contribution in [2.24, 2.45) is 0 Å². The molecular formula is C45H33N. The quantitative estimate of drug-likeness (QED) is 0.211. The number of hydrogen-bond donors (Lipinski definition) is 1. The molecule has 1 aromatic heterocycles. The van der Waals surface area contributed by atoms with Gasteiger partial charge in [-0.05, 0) is 91.5 Å². The van der Waals surface area contributed by atoms with E-state index in [0.29, 0.717) is 0 Å². The minimum absolute atomic E-state index is 0.0186. The van der Waals surface area contributed by atoms with Crippen LogP contribution in [0.5, 0.6) is 0 Å². The molecule has 0 saturated heterocycles. The van der Waals surface area contributed by atoms with Crippen molar-refractivity contribution >= 4 is 21.8 Å². The zero-order valence-electron chi connectivity index (χ0n) is 26.0. The average molecular weight is 588 g/mol. The van der Waals surface area contributed by atoms with Crippen LogP contribution < -0.4 is 0 Å². The van der Waals surface area contributed by atoms with Crippen LogP contribution in [0, 0.1) is 0 Å². The van der Waals surface area contributed by atoms with Crippen LogP contribution in [0.15, 0.2) is 158 Å². The van der Waals surface area contributed by atoms with Crippen LogP contribution >= 0.6 is 0 Å². The Hall–Kier alpha value is -5.66. The lowest BCUT2D eigenvalue weighted by Crippen LogP contribution is -2.14. The molecular weight excluding hydrogens is 555 g/mol. The van der Waals surface area contributed by atoms with Gasteiger partial charge in [0.2, 0.25) is 0 Å². The minimum Gasteiger partial charge on any atom is -0.354 e. The van der Waals surface area contributed by atoms with E-state index in [9.17, 15) is 0 Å². The first-order valence-electron chi connectivity index (χ1n) is 16.1. The van der Waals surface area contributed by atoms with Gasteiger partial charge in [-0.25, -0.2) is 0 Å². The number of nitrogens with one attached hydrogen (secondary N) is 1. The topological polar surface area (TPSA) is 15.8 Å². The number of para-hydroxylation sites is 1. The number of rotatable bonds is 4. The molecule has 0 bridgehead atoms. The lowest BCUT2D eigenvalue weighted by Gasteiger charge is -2.21. The Kier molecular flexibility index (Phi) is 5.92. The number of benzene rings is 7. The molecule has 8 aromatic rings. The van der Waals surface area contributed by atoms with Gasteiger partial charge in [0.1, 0.15) is 0 Å². The van der Waals surface area contributed by atoms with Crippen LogP contribution in [0.25, 0.3) is 77.4 Å². The van der Waals surface area contributed by atoms with Crippen molar-refractivity contribution in [1.29, 1.82) is 0 Å². The Bertz CT molecular complexity index is 2440. The third-order valence-corrected chi connectivity index (χ3v) is 10.0. The normalized spacial score (nSPS) is 13.2. The van der Waals surface area contributed by atoms with E-state index in [1.54, 1.807) is 0 Å². The molecule has 1 nitrogen and oxygen atoms in total. The van der Waals surface area contributed by atoms with Crippen molar-refractivity contribution in [3.63, 3.8) is 0 Å². The SMILES string of the molecule is CC1(C)c2ccccc2-c2cc(-c3cccc(-c4cccc(-c5cccc6c5[nH]c5ccc(-c7ccccc7)cc56)c4)c3)ccc21. The first kappa shape index (κ1) is 26.7. The molecule has 9 rings (SSSR count). The summed E-state index contributed by atoms with van der Waals surface area (Å²) in [5.74, 6) is 0. The maximum atomic E-state index is 3.75. The van der Waals surface area contributed by atoms with E-state index >= 15 is 0 Å². The predicted octanol–water partition coefficient (Wildman–Crippen LogP) is 12.3. The Morgan fingerprint density at radius 1 is 0.370 bits per heavy atom. The summed E-state index contributed by atoms with van der Waals surface area (Å²) in [5.41, 5.74) is 17.7. The highest BCUT2D eigenvalue weighted by Crippen LogP contribution is 2.49. The summed E-state index contributed by atoms with van der Waals surface area (Å²) in [4.78, 5) is 3.75. The van der Waals surface area contributed by atoms with Gasteiger partial charge in [-0.3, -0.25) is 0 Å². The number of fused-ring (bicyclic) bond motifs is 6. The fourth-order valence-corrected chi connectivity index (χ4v) is 7.62. The predicted molar refractivity (Wildman–Crippen MR) is 195 cm³/mol. The van der Waals surface area contributed by atoms with Gasteiger partial charge in [0, 0.05) is 27.3 Å². The van der Waals surface area contributed by atoms with Gasteiger partial charge in [0.05, 0.1) is 5.52 Å². The van der Waals surface area contributed by atoms with Gasteiger partial charge >= 0.3 is 0 Å². The fraction of sp³-hybridized carbons (Fsp3) is 0.0667. The second kappa shape index (κ2) is 10.2. The highest BCUT2D eigenvalue weighted by Gasteiger charge is 2.35. The molecule has 218 valence electrons. The van der Waals surface area contributed by atoms with Crippen molar-refractivity contribution < 1.29 is 0 Å². The number of hydrogen-bond acceptors (Lipinski definition) is 0. The third kappa shape index (κ3) is 4.16. The molecule has 1 aliphatic rings. The van der Waals surface area contributed by atoms with Gasteiger partial charge in [0.25, 0.3) is 0 Å². The Labute approximate surface area is 269 Å². The molecule has 1 aliphatic carbocycles. The van der Waals surface area contributed by atoms with Crippen molar-refractivity contribution in [2.75, 3.05) is 0 Å². The van der Waals surface area contributed by atoms with Crippen molar-refractivity contribution in [1.82, 2.24) is 4.98 Å². The van der Waals surface area contributed by atoms with Crippen LogP contribution in [0.4, 0.5) is 0 Å². The minimum atomic E-state index is 0.0186. The summed E-state index contributed by atoms with van der Waals surface area (Å²) < 4.78 is 0. The molecule has 0 amide bonds. The summed E-state index contributed by atoms with van der Waals surface area (Å²) >= 11 is 0. The first-order valence-corrected chi connectivity index (χ1v) is 16.1. The molecule has 0 atom stereocenters. The van der Waals surface area contributed by atoms with Gasteiger partial charge in [-0.15, -0.1) is 0 Å². The molecule has 1 heteroatoms. The molecule has 0 spiro atoms. The number of H-pyrrole nitrogens is 1. The second-order valence-corrected chi connectivity index (χ2v) is 13.1. The van der Waals surface area contributed by atoms with Crippen LogP contribution in [0.2, 0.25) is 0 Å². The van der Waals surface area contributed by atoms with Gasteiger partial charge in [-0.2, -0.15) is 0 Å². The fourth-order valence-electron chi connectivity index (χ4n) is 7.62. The molecule has 1 heterocycles. The highest BCUT2D eigenvalue weighted by atomic mass is 14.7. The van der Waals surface area contributed by atoms with E-state index in [2.05, 4.69) is 177 Å². The molecule has 0 unspecified atom stereocenters. The third-order valence-electron chi connectivity index (χ3n) is 10.0. The molecule has 46 heavy (non-hydrogen) atoms. The first-order chi connectivity index (χ1) is 22.5. The maximum Gasteiger partial charge on any atom is 0.0544 e. The number of aromatic nitrogens is 1. The van der Waals surface area contributed by atoms with E-state index in [1.165, 1.54) is 83.1 Å². The lowest BCUT2D eigenvalue weighted by atomic mass is 9.82. The smallest absolute Gasteiger partial charge is 0.0544 e. The van der Waals surface area contributed by atoms with Crippen LogP contribution in [0.1, 0.15) is 25.0 Å². The zero-order chi connectivity index (χ0) is 30.8. The van der Waals surface area contributed by atoms with E-state index in [1.807, 2.05) is 0 Å². The largest absolute Gasteiger partial charge is 0.354 e. The van der Waals surface area contributed by atoms with Crippen molar-refractivity contribution in [3.8, 4) is 55.6 Å². The summed E-state index contributed by atoms with van der Waals surface area (Å²) in [5, 5.41) is 2.50. The summed E-state index contributed by atoms with van der Waals surface area (Å²) in [6.45, 7) is 4.67. The molecule has 1 N–H and O–H groups in total. The monoisotopic (exact) mass is 587 g/mol. The van der Waals surface area contributed by atoms with Crippen LogP contribution in [-0.2, 0) is 5.41 Å². The summed E-state index contributed by atoms with van der Waals surface area (Å²) in [7, 11) is 0. The van der Waals surface area contributed by atoms with Gasteiger partial charge < -0.3 is 4.98 Å². The lowest BCUT2D eigenvalue weighted by molar-refractivity contribution is 0.660. The van der Waals surface area contributed by atoms with E-state index in [0.717, 1.165) is 5.52 Å². The average Bonchev–Trinajstić information content (AvgIpc) is 3.60. The van der Waals surface area contributed by atoms with Crippen LogP contribution in [-0.4, -0.2) is 4.98 Å². The van der Waals surface area contributed by atoms with E-state index in [-0.39, 0.29) is 5.41 Å². The zero-order valence-corrected chi connectivity index (χ0v) is 26.0. The van der Waals surface area contributed by atoms with Crippen molar-refractivity contribution in [3.05, 3.63) is 169 Å². The Morgan fingerprint density at radius 2 is 0.935 bits per heavy atom. The molecule has 0 radical (unpaired) electrons. The van der Waals surface area contributed by atoms with E-state index in [4.69, 9.17) is 0 Å². The Morgan fingerprint density at radius 3 is 1.74 bits per heavy atom. The molecule has 0 fully saturated rings. The number of aromatic amines is 1. The molecule has 0 aliphatic heterocycles. The van der Waals surface area contributed by atoms with Crippen molar-refractivity contribution in [2.45, 2.75) is 19.3 Å². The highest BCUT2D eigenvalue weighted by molar-refractivity contribution is 6.12. The standard InChI is InChI=1S/C45H33N/c1-45(2)41-20-7-6-17-37(41)39-27-34(21-23-42(39)45)31-14-8-13-30(25-31)32-15-9-16-35(26-32)36-18-10-19-38-40-28-33(29-11-4-3-5-12-29)22-24-43(40)46-44(36)38/h3-28,46H,1-2H3. The second-order valence-electron chi connectivity index (χ2n) is 13.1. The summed E-state index contributed by atoms with van der Waals surface area (Å²) in [6.07, 6.45) is 0. The van der Waals surface area contributed by atoms with Crippen LogP contribution in [0.3, 0.4) is 0 Å².